The number of benzene rings is 1. The van der Waals surface area contributed by atoms with Crippen molar-refractivity contribution in [3.63, 3.8) is 0 Å². The summed E-state index contributed by atoms with van der Waals surface area (Å²) in [5.41, 5.74) is 0.812. The predicted octanol–water partition coefficient (Wildman–Crippen LogP) is 3.77. The zero-order valence-corrected chi connectivity index (χ0v) is 8.60. The lowest BCUT2D eigenvalue weighted by Gasteiger charge is -2.01. The van der Waals surface area contributed by atoms with E-state index in [1.54, 1.807) is 24.3 Å². The van der Waals surface area contributed by atoms with E-state index in [-0.39, 0.29) is 13.3 Å². The summed E-state index contributed by atoms with van der Waals surface area (Å²) in [4.78, 5) is 12.0. The predicted molar refractivity (Wildman–Crippen MR) is 63.9 cm³/mol. The topological polar surface area (TPSA) is 17.1 Å². The highest BCUT2D eigenvalue weighted by molar-refractivity contribution is 5.78. The van der Waals surface area contributed by atoms with Crippen molar-refractivity contribution < 1.29 is 13.0 Å². The molecule has 1 heteroatoms. The van der Waals surface area contributed by atoms with Gasteiger partial charge in [0, 0.05) is 21.0 Å². The Morgan fingerprint density at radius 2 is 2.07 bits per heavy atom. The lowest BCUT2D eigenvalue weighted by atomic mass is 10.0. The highest BCUT2D eigenvalue weighted by atomic mass is 16.1. The summed E-state index contributed by atoms with van der Waals surface area (Å²) in [6, 6.07) is 9.02. The first kappa shape index (κ1) is 5.83. The second-order valence-electron chi connectivity index (χ2n) is 3.08. The molecule has 0 saturated carbocycles. The fourth-order valence-corrected chi connectivity index (χ4v) is 1.13. The van der Waals surface area contributed by atoms with Gasteiger partial charge in [-0.2, -0.15) is 0 Å². The zero-order valence-electron chi connectivity index (χ0n) is 14.6. The van der Waals surface area contributed by atoms with Crippen LogP contribution in [0.5, 0.6) is 0 Å². The third-order valence-electron chi connectivity index (χ3n) is 1.89. The quantitative estimate of drug-likeness (QED) is 0.669. The van der Waals surface area contributed by atoms with Crippen LogP contribution in [0.25, 0.3) is 0 Å². The molecule has 0 spiro atoms. The molecule has 1 aromatic rings. The highest BCUT2D eigenvalue weighted by Gasteiger charge is 2.01. The lowest BCUT2D eigenvalue weighted by Crippen LogP contribution is -1.99. The molecule has 0 radical (unpaired) electrons. The average molecular weight is 210 g/mol. The summed E-state index contributed by atoms with van der Waals surface area (Å²) in [5.74, 6) is -0.701. The molecule has 5 atom stereocenters. The van der Waals surface area contributed by atoms with Gasteiger partial charge in [0.1, 0.15) is 5.78 Å². The minimum absolute atomic E-state index is 0.174. The van der Waals surface area contributed by atoms with Gasteiger partial charge >= 0.3 is 0 Å². The van der Waals surface area contributed by atoms with E-state index in [0.717, 1.165) is 5.56 Å². The lowest BCUT2D eigenvalue weighted by molar-refractivity contribution is -0.119. The SMILES string of the molecule is [2H]CC([2H])C([2H])C([2H])C([2H])C(=O)C([2H])Cc1ccccc1. The summed E-state index contributed by atoms with van der Waals surface area (Å²) < 4.78 is 45.5. The number of carbonyl (C=O) groups is 1. The molecule has 1 aromatic carbocycles. The van der Waals surface area contributed by atoms with Crippen LogP contribution in [0.2, 0.25) is 0 Å². The Balaban J connectivity index is 2.64. The van der Waals surface area contributed by atoms with Crippen LogP contribution >= 0.6 is 0 Å². The molecule has 0 aliphatic rings. The third-order valence-corrected chi connectivity index (χ3v) is 1.89. The van der Waals surface area contributed by atoms with Crippen molar-refractivity contribution in [3.8, 4) is 0 Å². The van der Waals surface area contributed by atoms with Crippen molar-refractivity contribution in [2.45, 2.75) is 45.3 Å². The molecule has 0 aliphatic heterocycles. The van der Waals surface area contributed by atoms with Crippen LogP contribution in [0.1, 0.15) is 52.7 Å². The molecule has 1 nitrogen and oxygen atoms in total. The molecule has 0 amide bonds. The van der Waals surface area contributed by atoms with Crippen LogP contribution in [-0.2, 0) is 11.2 Å². The number of carbonyl (C=O) groups excluding carboxylic acids is 1. The molecular formula is C14H20O. The Morgan fingerprint density at radius 1 is 1.27 bits per heavy atom. The van der Waals surface area contributed by atoms with Crippen LogP contribution in [0.15, 0.2) is 30.3 Å². The van der Waals surface area contributed by atoms with Crippen molar-refractivity contribution in [1.29, 1.82) is 0 Å². The standard InChI is InChI=1S/C14H20O/c1-2-3-5-10-14(15)12-11-13-8-6-4-7-9-13/h4,6-9H,2-3,5,10-12H2,1H3/i1D,2D,3D,5D,10D,12D. The van der Waals surface area contributed by atoms with Gasteiger partial charge in [0.05, 0.1) is 0 Å². The monoisotopic (exact) mass is 210 g/mol. The molecule has 82 valence electrons. The van der Waals surface area contributed by atoms with Gasteiger partial charge in [0.15, 0.2) is 0 Å². The van der Waals surface area contributed by atoms with Gasteiger partial charge in [-0.25, -0.2) is 0 Å². The molecular weight excluding hydrogens is 184 g/mol. The maximum absolute atomic E-state index is 12.0. The van der Waals surface area contributed by atoms with E-state index >= 15 is 0 Å². The van der Waals surface area contributed by atoms with Crippen LogP contribution in [-0.4, -0.2) is 5.78 Å². The third kappa shape index (κ3) is 5.36. The van der Waals surface area contributed by atoms with E-state index in [0.29, 0.717) is 0 Å². The molecule has 0 bridgehead atoms. The van der Waals surface area contributed by atoms with Crippen molar-refractivity contribution in [1.82, 2.24) is 0 Å². The van der Waals surface area contributed by atoms with Gasteiger partial charge < -0.3 is 0 Å². The second-order valence-corrected chi connectivity index (χ2v) is 3.08. The van der Waals surface area contributed by atoms with Crippen LogP contribution in [0.4, 0.5) is 0 Å². The summed E-state index contributed by atoms with van der Waals surface area (Å²) in [7, 11) is 0. The first-order valence-corrected chi connectivity index (χ1v) is 4.86. The molecule has 5 unspecified atom stereocenters. The van der Waals surface area contributed by atoms with Crippen LogP contribution in [0.3, 0.4) is 0 Å². The van der Waals surface area contributed by atoms with Crippen molar-refractivity contribution in [3.05, 3.63) is 35.9 Å². The summed E-state index contributed by atoms with van der Waals surface area (Å²) >= 11 is 0. The molecule has 0 aliphatic carbocycles. The van der Waals surface area contributed by atoms with E-state index in [2.05, 4.69) is 0 Å². The average Bonchev–Trinajstić information content (AvgIpc) is 2.52. The van der Waals surface area contributed by atoms with Crippen LogP contribution in [0, 0.1) is 0 Å². The Kier molecular flexibility index (Phi) is 2.81. The van der Waals surface area contributed by atoms with Gasteiger partial charge in [-0.15, -0.1) is 0 Å². The Hall–Kier alpha value is -1.11. The fourth-order valence-electron chi connectivity index (χ4n) is 1.13. The fraction of sp³-hybridized carbons (Fsp3) is 0.500. The van der Waals surface area contributed by atoms with E-state index in [1.807, 2.05) is 6.07 Å². The minimum atomic E-state index is -1.52. The van der Waals surface area contributed by atoms with E-state index < -0.39 is 37.8 Å². The molecule has 0 N–H and O–H groups in total. The molecule has 0 aromatic heterocycles. The minimum Gasteiger partial charge on any atom is -0.300 e. The number of rotatable bonds is 7. The van der Waals surface area contributed by atoms with Gasteiger partial charge in [-0.1, -0.05) is 50.0 Å². The van der Waals surface area contributed by atoms with Gasteiger partial charge in [-0.3, -0.25) is 4.79 Å². The van der Waals surface area contributed by atoms with E-state index in [9.17, 15) is 4.79 Å². The summed E-state index contributed by atoms with van der Waals surface area (Å²) in [6.07, 6.45) is -6.26. The Bertz CT molecular complexity index is 440. The second kappa shape index (κ2) is 7.22. The van der Waals surface area contributed by atoms with E-state index in [4.69, 9.17) is 8.22 Å². The van der Waals surface area contributed by atoms with Gasteiger partial charge in [-0.05, 0) is 18.4 Å². The molecule has 0 heterocycles. The Morgan fingerprint density at radius 3 is 2.80 bits per heavy atom. The largest absolute Gasteiger partial charge is 0.300 e. The first-order valence-electron chi connectivity index (χ1n) is 8.46. The number of aryl methyl sites for hydroxylation is 1. The number of hydrogen-bond donors (Lipinski definition) is 0. The van der Waals surface area contributed by atoms with Gasteiger partial charge in [0.2, 0.25) is 0 Å². The van der Waals surface area contributed by atoms with Crippen molar-refractivity contribution in [2.75, 3.05) is 0 Å². The van der Waals surface area contributed by atoms with E-state index in [1.165, 1.54) is 0 Å². The van der Waals surface area contributed by atoms with Crippen LogP contribution < -0.4 is 0 Å². The highest BCUT2D eigenvalue weighted by Crippen LogP contribution is 2.06. The first-order chi connectivity index (χ1) is 9.88. The number of hydrogen-bond acceptors (Lipinski definition) is 1. The molecule has 1 rings (SSSR count). The summed E-state index contributed by atoms with van der Waals surface area (Å²) in [5, 5.41) is 0. The number of ketones is 1. The maximum Gasteiger partial charge on any atom is 0.133 e. The van der Waals surface area contributed by atoms with Crippen molar-refractivity contribution >= 4 is 5.78 Å². The zero-order chi connectivity index (χ0) is 16.0. The normalized spacial score (nSPS) is 26.4. The summed E-state index contributed by atoms with van der Waals surface area (Å²) in [6.45, 7) is -0.335. The molecule has 0 saturated heterocycles. The smallest absolute Gasteiger partial charge is 0.133 e. The Labute approximate surface area is 101 Å². The molecule has 0 fully saturated rings. The maximum atomic E-state index is 12.0. The van der Waals surface area contributed by atoms with Gasteiger partial charge in [0.25, 0.3) is 0 Å². The molecule has 15 heavy (non-hydrogen) atoms. The number of Topliss-reactive ketones (excluding diaryl/α,β-unsaturated/α-hetero) is 1. The van der Waals surface area contributed by atoms with Crippen molar-refractivity contribution in [2.24, 2.45) is 0 Å².